The third kappa shape index (κ3) is 2.76. The summed E-state index contributed by atoms with van der Waals surface area (Å²) in [4.78, 5) is 10.6. The molecule has 16 heavy (non-hydrogen) atoms. The lowest BCUT2D eigenvalue weighted by atomic mass is 10.0. The van der Waals surface area contributed by atoms with Crippen molar-refractivity contribution >= 4 is 17.4 Å². The van der Waals surface area contributed by atoms with Gasteiger partial charge < -0.3 is 10.5 Å². The van der Waals surface area contributed by atoms with Crippen LogP contribution in [0.1, 0.15) is 35.7 Å². The van der Waals surface area contributed by atoms with Gasteiger partial charge in [0.2, 0.25) is 0 Å². The zero-order chi connectivity index (χ0) is 12.1. The fourth-order valence-corrected chi connectivity index (χ4v) is 1.33. The lowest BCUT2D eigenvalue weighted by Gasteiger charge is -2.05. The Morgan fingerprint density at radius 1 is 1.19 bits per heavy atom. The highest BCUT2D eigenvalue weighted by molar-refractivity contribution is 6.46. The summed E-state index contributed by atoms with van der Waals surface area (Å²) in [6, 6.07) is 6.03. The lowest BCUT2D eigenvalue weighted by molar-refractivity contribution is 0.0697. The molecule has 0 bridgehead atoms. The molecule has 0 aliphatic rings. The molecule has 0 fully saturated rings. The number of benzene rings is 1. The van der Waals surface area contributed by atoms with Crippen LogP contribution in [0, 0.1) is 10.8 Å². The van der Waals surface area contributed by atoms with Gasteiger partial charge >= 0.3 is 5.97 Å². The predicted octanol–water partition coefficient (Wildman–Crippen LogP) is 2.57. The molecule has 0 aliphatic carbocycles. The van der Waals surface area contributed by atoms with Crippen LogP contribution in [-0.2, 0) is 0 Å². The number of rotatable bonds is 5. The molecule has 84 valence electrons. The lowest BCUT2D eigenvalue weighted by Crippen LogP contribution is -2.13. The molecule has 0 atom stereocenters. The molecular weight excluding hydrogens is 204 g/mol. The van der Waals surface area contributed by atoms with E-state index in [2.05, 4.69) is 0 Å². The van der Waals surface area contributed by atoms with E-state index in [-0.39, 0.29) is 17.0 Å². The van der Waals surface area contributed by atoms with Gasteiger partial charge in [0.25, 0.3) is 0 Å². The minimum Gasteiger partial charge on any atom is -0.478 e. The first-order chi connectivity index (χ1) is 7.56. The van der Waals surface area contributed by atoms with Crippen LogP contribution in [0.5, 0.6) is 0 Å². The Morgan fingerprint density at radius 3 is 2.12 bits per heavy atom. The van der Waals surface area contributed by atoms with E-state index in [1.54, 1.807) is 12.1 Å². The largest absolute Gasteiger partial charge is 0.478 e. The SMILES string of the molecule is CCCC(=N)C(=N)c1ccc(C(=O)O)cc1. The summed E-state index contributed by atoms with van der Waals surface area (Å²) < 4.78 is 0. The van der Waals surface area contributed by atoms with Gasteiger partial charge in [-0.3, -0.25) is 5.41 Å². The second-order valence-corrected chi connectivity index (χ2v) is 3.49. The van der Waals surface area contributed by atoms with Gasteiger partial charge in [0.05, 0.1) is 17.0 Å². The van der Waals surface area contributed by atoms with Crippen LogP contribution in [0.15, 0.2) is 24.3 Å². The highest BCUT2D eigenvalue weighted by Gasteiger charge is 2.08. The predicted molar refractivity (Wildman–Crippen MR) is 62.9 cm³/mol. The van der Waals surface area contributed by atoms with Crippen molar-refractivity contribution in [3.05, 3.63) is 35.4 Å². The maximum Gasteiger partial charge on any atom is 0.335 e. The van der Waals surface area contributed by atoms with Crippen molar-refractivity contribution in [1.29, 1.82) is 10.8 Å². The molecule has 0 saturated heterocycles. The van der Waals surface area contributed by atoms with E-state index in [1.165, 1.54) is 12.1 Å². The van der Waals surface area contributed by atoms with Crippen LogP contribution in [0.2, 0.25) is 0 Å². The zero-order valence-electron chi connectivity index (χ0n) is 9.08. The van der Waals surface area contributed by atoms with E-state index in [1.807, 2.05) is 6.92 Å². The third-order valence-electron chi connectivity index (χ3n) is 2.22. The Labute approximate surface area is 93.9 Å². The zero-order valence-corrected chi connectivity index (χ0v) is 9.08. The van der Waals surface area contributed by atoms with Gasteiger partial charge in [0.1, 0.15) is 0 Å². The van der Waals surface area contributed by atoms with Crippen molar-refractivity contribution in [1.82, 2.24) is 0 Å². The third-order valence-corrected chi connectivity index (χ3v) is 2.22. The number of carboxylic acids is 1. The van der Waals surface area contributed by atoms with Crippen molar-refractivity contribution in [2.24, 2.45) is 0 Å². The molecule has 0 saturated carbocycles. The Morgan fingerprint density at radius 2 is 1.69 bits per heavy atom. The first-order valence-electron chi connectivity index (χ1n) is 5.06. The average molecular weight is 218 g/mol. The van der Waals surface area contributed by atoms with Crippen molar-refractivity contribution < 1.29 is 9.90 Å². The molecular formula is C12H14N2O2. The van der Waals surface area contributed by atoms with Gasteiger partial charge in [-0.05, 0) is 18.6 Å². The van der Waals surface area contributed by atoms with E-state index in [9.17, 15) is 4.79 Å². The van der Waals surface area contributed by atoms with E-state index in [4.69, 9.17) is 15.9 Å². The molecule has 0 aromatic heterocycles. The molecule has 4 heteroatoms. The Bertz CT molecular complexity index is 421. The van der Waals surface area contributed by atoms with Crippen LogP contribution >= 0.6 is 0 Å². The standard InChI is InChI=1S/C12H14N2O2/c1-2-3-10(13)11(14)8-4-6-9(7-5-8)12(15)16/h4-7,13-14H,2-3H2,1H3,(H,15,16). The first kappa shape index (κ1) is 12.1. The van der Waals surface area contributed by atoms with Crippen LogP contribution in [0.25, 0.3) is 0 Å². The number of carbonyl (C=O) groups is 1. The van der Waals surface area contributed by atoms with Gasteiger partial charge in [0.15, 0.2) is 0 Å². The second kappa shape index (κ2) is 5.21. The van der Waals surface area contributed by atoms with Gasteiger partial charge in [0, 0.05) is 5.56 Å². The molecule has 0 radical (unpaired) electrons. The fourth-order valence-electron chi connectivity index (χ4n) is 1.33. The maximum atomic E-state index is 10.6. The average Bonchev–Trinajstić information content (AvgIpc) is 2.28. The quantitative estimate of drug-likeness (QED) is 0.663. The van der Waals surface area contributed by atoms with Crippen molar-refractivity contribution in [3.63, 3.8) is 0 Å². The van der Waals surface area contributed by atoms with E-state index in [0.29, 0.717) is 12.0 Å². The second-order valence-electron chi connectivity index (χ2n) is 3.49. The van der Waals surface area contributed by atoms with Crippen LogP contribution < -0.4 is 0 Å². The van der Waals surface area contributed by atoms with Crippen molar-refractivity contribution in [2.45, 2.75) is 19.8 Å². The summed E-state index contributed by atoms with van der Waals surface area (Å²) >= 11 is 0. The molecule has 1 rings (SSSR count). The topological polar surface area (TPSA) is 85.0 Å². The smallest absolute Gasteiger partial charge is 0.335 e. The summed E-state index contributed by atoms with van der Waals surface area (Å²) in [5.74, 6) is -0.985. The van der Waals surface area contributed by atoms with E-state index < -0.39 is 5.97 Å². The molecule has 4 nitrogen and oxygen atoms in total. The maximum absolute atomic E-state index is 10.6. The number of hydrogen-bond donors (Lipinski definition) is 3. The van der Waals surface area contributed by atoms with Gasteiger partial charge in [-0.25, -0.2) is 4.79 Å². The Kier molecular flexibility index (Phi) is 3.94. The molecule has 3 N–H and O–H groups in total. The Hall–Kier alpha value is -1.97. The minimum atomic E-state index is -0.985. The minimum absolute atomic E-state index is 0.166. The van der Waals surface area contributed by atoms with Crippen LogP contribution in [0.3, 0.4) is 0 Å². The van der Waals surface area contributed by atoms with Crippen LogP contribution in [0.4, 0.5) is 0 Å². The summed E-state index contributed by atoms with van der Waals surface area (Å²) in [5.41, 5.74) is 1.23. The normalized spacial score (nSPS) is 9.81. The molecule has 0 spiro atoms. The van der Waals surface area contributed by atoms with Gasteiger partial charge in [-0.15, -0.1) is 0 Å². The Balaban J connectivity index is 2.85. The summed E-state index contributed by atoms with van der Waals surface area (Å²) in [7, 11) is 0. The van der Waals surface area contributed by atoms with E-state index in [0.717, 1.165) is 6.42 Å². The number of hydrogen-bond acceptors (Lipinski definition) is 3. The fraction of sp³-hybridized carbons (Fsp3) is 0.250. The monoisotopic (exact) mass is 218 g/mol. The number of nitrogens with one attached hydrogen (secondary N) is 2. The molecule has 1 aromatic carbocycles. The van der Waals surface area contributed by atoms with Gasteiger partial charge in [-0.1, -0.05) is 25.5 Å². The molecule has 0 amide bonds. The van der Waals surface area contributed by atoms with Crippen LogP contribution in [-0.4, -0.2) is 22.5 Å². The number of carboxylic acid groups (broad SMARTS) is 1. The number of aromatic carboxylic acids is 1. The summed E-state index contributed by atoms with van der Waals surface area (Å²) in [6.45, 7) is 1.95. The summed E-state index contributed by atoms with van der Waals surface area (Å²) in [6.07, 6.45) is 1.40. The van der Waals surface area contributed by atoms with E-state index >= 15 is 0 Å². The molecule has 1 aromatic rings. The summed E-state index contributed by atoms with van der Waals surface area (Å²) in [5, 5.41) is 24.1. The first-order valence-corrected chi connectivity index (χ1v) is 5.06. The molecule has 0 heterocycles. The van der Waals surface area contributed by atoms with Crippen molar-refractivity contribution in [3.8, 4) is 0 Å². The molecule has 0 unspecified atom stereocenters. The molecule has 0 aliphatic heterocycles. The highest BCUT2D eigenvalue weighted by Crippen LogP contribution is 2.07. The van der Waals surface area contributed by atoms with Gasteiger partial charge in [-0.2, -0.15) is 0 Å². The van der Waals surface area contributed by atoms with Crippen molar-refractivity contribution in [2.75, 3.05) is 0 Å². The highest BCUT2D eigenvalue weighted by atomic mass is 16.4.